The lowest BCUT2D eigenvalue weighted by atomic mass is 9.78. The van der Waals surface area contributed by atoms with Gasteiger partial charge in [0.2, 0.25) is 0 Å². The van der Waals surface area contributed by atoms with Crippen molar-refractivity contribution in [2.75, 3.05) is 0 Å². The summed E-state index contributed by atoms with van der Waals surface area (Å²) < 4.78 is 20.7. The van der Waals surface area contributed by atoms with Crippen LogP contribution in [-0.2, 0) is 12.8 Å². The largest absolute Gasteiger partial charge is 0.427 e. The smallest absolute Gasteiger partial charge is 0.346 e. The first-order chi connectivity index (χ1) is 16.6. The molecule has 0 bridgehead atoms. The van der Waals surface area contributed by atoms with Crippen LogP contribution >= 0.6 is 0 Å². The van der Waals surface area contributed by atoms with Crippen LogP contribution in [-0.4, -0.2) is 0 Å². The molecule has 0 spiro atoms. The molecule has 0 atom stereocenters. The minimum atomic E-state index is -0.519. The molecule has 34 heavy (non-hydrogen) atoms. The van der Waals surface area contributed by atoms with Crippen LogP contribution in [0.4, 0.5) is 4.39 Å². The van der Waals surface area contributed by atoms with Gasteiger partial charge in [0, 0.05) is 6.42 Å². The lowest BCUT2D eigenvalue weighted by Crippen LogP contribution is -2.15. The average Bonchev–Trinajstić information content (AvgIpc) is 2.84. The Kier molecular flexibility index (Phi) is 11.4. The van der Waals surface area contributed by atoms with Gasteiger partial charge in [-0.25, -0.2) is 9.18 Å². The van der Waals surface area contributed by atoms with Gasteiger partial charge in [0.15, 0.2) is 0 Å². The highest BCUT2D eigenvalue weighted by Gasteiger charge is 2.21. The molecule has 0 N–H and O–H groups in total. The van der Waals surface area contributed by atoms with Gasteiger partial charge in [0.05, 0.1) is 0 Å². The molecule has 0 aliphatic heterocycles. The van der Waals surface area contributed by atoms with Crippen molar-refractivity contribution in [2.24, 2.45) is 11.8 Å². The molecule has 0 amide bonds. The van der Waals surface area contributed by atoms with Gasteiger partial charge in [-0.15, -0.1) is 6.58 Å². The zero-order valence-electron chi connectivity index (χ0n) is 21.4. The summed E-state index contributed by atoms with van der Waals surface area (Å²) in [4.78, 5) is 12.6. The van der Waals surface area contributed by atoms with E-state index in [9.17, 15) is 4.79 Å². The minimum Gasteiger partial charge on any atom is -0.427 e. The van der Waals surface area contributed by atoms with Crippen molar-refractivity contribution >= 4 is 10.8 Å². The third-order valence-electron chi connectivity index (χ3n) is 7.84. The van der Waals surface area contributed by atoms with Crippen LogP contribution in [0, 0.1) is 17.7 Å². The summed E-state index contributed by atoms with van der Waals surface area (Å²) in [6, 6.07) is 5.66. The summed E-state index contributed by atoms with van der Waals surface area (Å²) >= 11 is 0. The number of hydrogen-bond acceptors (Lipinski definition) is 2. The second-order valence-electron chi connectivity index (χ2n) is 10.5. The highest BCUT2D eigenvalue weighted by molar-refractivity contribution is 5.82. The van der Waals surface area contributed by atoms with E-state index in [2.05, 4.69) is 13.5 Å². The predicted molar refractivity (Wildman–Crippen MR) is 142 cm³/mol. The first kappa shape index (κ1) is 26.7. The molecule has 1 heterocycles. The standard InChI is InChI=1S/C31H45FO2/c1-3-5-7-8-9-10-11-12-14-28-23-27-22-21-26(30(32)29(27)31(33)34-28)20-19-25-17-15-24(16-18-25)13-6-4-2/h4,21-25H,2-3,5-20H2,1H3. The molecule has 3 rings (SSSR count). The Bertz CT molecular complexity index is 936. The minimum absolute atomic E-state index is 0.130. The average molecular weight is 469 g/mol. The van der Waals surface area contributed by atoms with Crippen LogP contribution in [0.25, 0.3) is 10.8 Å². The maximum absolute atomic E-state index is 15.2. The van der Waals surface area contributed by atoms with Crippen LogP contribution in [0.1, 0.15) is 115 Å². The maximum Gasteiger partial charge on any atom is 0.346 e. The number of hydrogen-bond donors (Lipinski definition) is 0. The third kappa shape index (κ3) is 8.10. The van der Waals surface area contributed by atoms with Crippen molar-refractivity contribution in [3.63, 3.8) is 0 Å². The molecule has 188 valence electrons. The predicted octanol–water partition coefficient (Wildman–Crippen LogP) is 9.32. The number of fused-ring (bicyclic) bond motifs is 1. The quantitative estimate of drug-likeness (QED) is 0.192. The first-order valence-corrected chi connectivity index (χ1v) is 14.0. The summed E-state index contributed by atoms with van der Waals surface area (Å²) in [5.41, 5.74) is 0.138. The normalized spacial score (nSPS) is 18.4. The van der Waals surface area contributed by atoms with E-state index in [0.717, 1.165) is 38.0 Å². The van der Waals surface area contributed by atoms with E-state index in [0.29, 0.717) is 29.0 Å². The fourth-order valence-electron chi connectivity index (χ4n) is 5.61. The first-order valence-electron chi connectivity index (χ1n) is 14.0. The van der Waals surface area contributed by atoms with E-state index in [1.54, 1.807) is 0 Å². The van der Waals surface area contributed by atoms with Crippen LogP contribution < -0.4 is 5.63 Å². The van der Waals surface area contributed by atoms with Gasteiger partial charge in [-0.3, -0.25) is 0 Å². The molecule has 0 radical (unpaired) electrons. The fourth-order valence-corrected chi connectivity index (χ4v) is 5.61. The summed E-state index contributed by atoms with van der Waals surface area (Å²) in [5, 5.41) is 0.806. The topological polar surface area (TPSA) is 30.2 Å². The zero-order valence-corrected chi connectivity index (χ0v) is 21.4. The van der Waals surface area contributed by atoms with Gasteiger partial charge in [-0.1, -0.05) is 95.8 Å². The molecular weight excluding hydrogens is 423 g/mol. The lowest BCUT2D eigenvalue weighted by molar-refractivity contribution is 0.254. The van der Waals surface area contributed by atoms with E-state index >= 15 is 4.39 Å². The zero-order chi connectivity index (χ0) is 24.2. The van der Waals surface area contributed by atoms with E-state index in [4.69, 9.17) is 4.42 Å². The summed E-state index contributed by atoms with van der Waals surface area (Å²) in [6.45, 7) is 6.07. The van der Waals surface area contributed by atoms with Crippen molar-refractivity contribution < 1.29 is 8.81 Å². The van der Waals surface area contributed by atoms with Gasteiger partial charge in [0.25, 0.3) is 0 Å². The molecule has 3 heteroatoms. The van der Waals surface area contributed by atoms with Crippen molar-refractivity contribution in [1.29, 1.82) is 0 Å². The number of halogens is 1. The summed E-state index contributed by atoms with van der Waals surface area (Å²) in [5.74, 6) is 1.81. The highest BCUT2D eigenvalue weighted by Crippen LogP contribution is 2.34. The van der Waals surface area contributed by atoms with Crippen molar-refractivity contribution in [1.82, 2.24) is 0 Å². The second kappa shape index (κ2) is 14.5. The van der Waals surface area contributed by atoms with Crippen LogP contribution in [0.2, 0.25) is 0 Å². The molecule has 1 aromatic heterocycles. The van der Waals surface area contributed by atoms with Crippen molar-refractivity contribution in [2.45, 2.75) is 116 Å². The lowest BCUT2D eigenvalue weighted by Gasteiger charge is -2.28. The molecule has 0 saturated heterocycles. The monoisotopic (exact) mass is 468 g/mol. The van der Waals surface area contributed by atoms with Gasteiger partial charge >= 0.3 is 5.63 Å². The Morgan fingerprint density at radius 3 is 2.26 bits per heavy atom. The Morgan fingerprint density at radius 1 is 0.941 bits per heavy atom. The summed E-state index contributed by atoms with van der Waals surface area (Å²) in [7, 11) is 0. The molecule has 1 fully saturated rings. The van der Waals surface area contributed by atoms with E-state index < -0.39 is 5.63 Å². The van der Waals surface area contributed by atoms with Crippen LogP contribution in [0.3, 0.4) is 0 Å². The highest BCUT2D eigenvalue weighted by atomic mass is 19.1. The Labute approximate surface area is 206 Å². The van der Waals surface area contributed by atoms with Gasteiger partial charge in [-0.05, 0) is 61.0 Å². The summed E-state index contributed by atoms with van der Waals surface area (Å²) in [6.07, 6.45) is 21.8. The maximum atomic E-state index is 15.2. The molecule has 1 aliphatic rings. The van der Waals surface area contributed by atoms with E-state index in [-0.39, 0.29) is 11.2 Å². The molecule has 0 unspecified atom stereocenters. The number of aryl methyl sites for hydroxylation is 2. The van der Waals surface area contributed by atoms with Crippen LogP contribution in [0.15, 0.2) is 40.1 Å². The van der Waals surface area contributed by atoms with Gasteiger partial charge < -0.3 is 4.42 Å². The second-order valence-corrected chi connectivity index (χ2v) is 10.5. The number of allylic oxidation sites excluding steroid dienone is 1. The number of rotatable bonds is 15. The van der Waals surface area contributed by atoms with E-state index in [1.807, 2.05) is 24.3 Å². The SMILES string of the molecule is C=CCCC1CCC(CCc2ccc3cc(CCCCCCCCCC)oc(=O)c3c2F)CC1. The molecule has 2 aromatic rings. The Morgan fingerprint density at radius 2 is 1.59 bits per heavy atom. The van der Waals surface area contributed by atoms with Gasteiger partial charge in [-0.2, -0.15) is 0 Å². The Balaban J connectivity index is 1.49. The molecule has 1 aromatic carbocycles. The number of benzene rings is 1. The van der Waals surface area contributed by atoms with Crippen molar-refractivity contribution in [3.8, 4) is 0 Å². The van der Waals surface area contributed by atoms with Crippen LogP contribution in [0.5, 0.6) is 0 Å². The van der Waals surface area contributed by atoms with Crippen molar-refractivity contribution in [3.05, 3.63) is 58.4 Å². The Hall–Kier alpha value is -1.90. The molecule has 1 aliphatic carbocycles. The van der Waals surface area contributed by atoms with E-state index in [1.165, 1.54) is 70.6 Å². The molecular formula is C31H45FO2. The number of unbranched alkanes of at least 4 members (excludes halogenated alkanes) is 7. The fraction of sp³-hybridized carbons (Fsp3) is 0.645. The van der Waals surface area contributed by atoms with Gasteiger partial charge in [0.1, 0.15) is 17.0 Å². The molecule has 2 nitrogen and oxygen atoms in total. The third-order valence-corrected chi connectivity index (χ3v) is 7.84. The molecule has 1 saturated carbocycles.